The highest BCUT2D eigenvalue weighted by Gasteiger charge is 2.16. The molecule has 0 radical (unpaired) electrons. The molecule has 0 aliphatic carbocycles. The van der Waals surface area contributed by atoms with Crippen LogP contribution in [-0.2, 0) is 6.54 Å². The molecule has 5 rings (SSSR count). The minimum absolute atomic E-state index is 0.346. The standard InChI is InChI=1S/C28H35N7O/c1-19(2)23-18-33-35-26(15-25(34-28(23)35)31-16-21-10-13-29-14-11-21)32-17-20-6-8-22(9-7-20)27-24(36-3)5-4-12-30-27/h4-9,12,15,18-19,21,29,32H,10-11,13-14,16-17H2,1-3H3,(H,31,34). The highest BCUT2D eigenvalue weighted by Crippen LogP contribution is 2.28. The van der Waals surface area contributed by atoms with Crippen molar-refractivity contribution < 1.29 is 4.74 Å². The van der Waals surface area contributed by atoms with Crippen molar-refractivity contribution in [3.8, 4) is 17.0 Å². The molecule has 0 amide bonds. The van der Waals surface area contributed by atoms with E-state index in [1.54, 1.807) is 13.3 Å². The zero-order valence-electron chi connectivity index (χ0n) is 21.3. The largest absolute Gasteiger partial charge is 0.494 e. The van der Waals surface area contributed by atoms with E-state index in [1.807, 2.05) is 22.8 Å². The molecular weight excluding hydrogens is 450 g/mol. The summed E-state index contributed by atoms with van der Waals surface area (Å²) in [6, 6.07) is 14.3. The first-order valence-corrected chi connectivity index (χ1v) is 12.8. The van der Waals surface area contributed by atoms with Gasteiger partial charge >= 0.3 is 0 Å². The first kappa shape index (κ1) is 24.1. The Balaban J connectivity index is 1.35. The summed E-state index contributed by atoms with van der Waals surface area (Å²) in [7, 11) is 1.67. The number of anilines is 2. The molecule has 0 spiro atoms. The molecule has 0 unspecified atom stereocenters. The maximum absolute atomic E-state index is 5.47. The Morgan fingerprint density at radius 2 is 1.92 bits per heavy atom. The van der Waals surface area contributed by atoms with Crippen molar-refractivity contribution >= 4 is 17.3 Å². The van der Waals surface area contributed by atoms with Crippen molar-refractivity contribution in [2.75, 3.05) is 37.4 Å². The summed E-state index contributed by atoms with van der Waals surface area (Å²) in [6.45, 7) is 8.16. The van der Waals surface area contributed by atoms with Crippen molar-refractivity contribution in [1.82, 2.24) is 24.9 Å². The molecule has 3 aromatic heterocycles. The molecule has 0 atom stereocenters. The second-order valence-corrected chi connectivity index (χ2v) is 9.70. The highest BCUT2D eigenvalue weighted by molar-refractivity contribution is 5.66. The maximum Gasteiger partial charge on any atom is 0.163 e. The molecule has 36 heavy (non-hydrogen) atoms. The topological polar surface area (TPSA) is 88.4 Å². The smallest absolute Gasteiger partial charge is 0.163 e. The van der Waals surface area contributed by atoms with Gasteiger partial charge in [-0.2, -0.15) is 9.61 Å². The van der Waals surface area contributed by atoms with E-state index in [4.69, 9.17) is 9.72 Å². The molecule has 8 heteroatoms. The van der Waals surface area contributed by atoms with Gasteiger partial charge in [-0.3, -0.25) is 4.98 Å². The molecule has 1 saturated heterocycles. The monoisotopic (exact) mass is 485 g/mol. The van der Waals surface area contributed by atoms with Crippen LogP contribution in [0.1, 0.15) is 43.7 Å². The predicted octanol–water partition coefficient (Wildman–Crippen LogP) is 4.95. The van der Waals surface area contributed by atoms with Crippen molar-refractivity contribution in [3.05, 3.63) is 66.0 Å². The summed E-state index contributed by atoms with van der Waals surface area (Å²) in [5.74, 6) is 3.61. The zero-order chi connectivity index (χ0) is 24.9. The van der Waals surface area contributed by atoms with Gasteiger partial charge in [-0.25, -0.2) is 4.98 Å². The van der Waals surface area contributed by atoms with Gasteiger partial charge < -0.3 is 20.7 Å². The van der Waals surface area contributed by atoms with Crippen LogP contribution in [0.15, 0.2) is 54.9 Å². The lowest BCUT2D eigenvalue weighted by atomic mass is 9.98. The number of nitrogens with one attached hydrogen (secondary N) is 3. The van der Waals surface area contributed by atoms with E-state index in [0.717, 1.165) is 59.5 Å². The molecule has 188 valence electrons. The Morgan fingerprint density at radius 3 is 2.67 bits per heavy atom. The predicted molar refractivity (Wildman–Crippen MR) is 145 cm³/mol. The lowest BCUT2D eigenvalue weighted by molar-refractivity contribution is 0.389. The number of piperidine rings is 1. The van der Waals surface area contributed by atoms with Gasteiger partial charge in [0.1, 0.15) is 23.1 Å². The van der Waals surface area contributed by atoms with Crippen LogP contribution in [0, 0.1) is 5.92 Å². The Kier molecular flexibility index (Phi) is 7.32. The summed E-state index contributed by atoms with van der Waals surface area (Å²) >= 11 is 0. The number of hydrogen-bond acceptors (Lipinski definition) is 7. The van der Waals surface area contributed by atoms with Gasteiger partial charge in [-0.15, -0.1) is 0 Å². The van der Waals surface area contributed by atoms with Crippen LogP contribution in [0.3, 0.4) is 0 Å². The van der Waals surface area contributed by atoms with Gasteiger partial charge in [-0.1, -0.05) is 38.1 Å². The number of hydrogen-bond donors (Lipinski definition) is 3. The van der Waals surface area contributed by atoms with Gasteiger partial charge in [0.25, 0.3) is 0 Å². The fourth-order valence-corrected chi connectivity index (χ4v) is 4.68. The number of ether oxygens (including phenoxy) is 1. The van der Waals surface area contributed by atoms with Crippen molar-refractivity contribution in [2.24, 2.45) is 5.92 Å². The summed E-state index contributed by atoms with van der Waals surface area (Å²) in [4.78, 5) is 9.42. The van der Waals surface area contributed by atoms with E-state index < -0.39 is 0 Å². The Hall–Kier alpha value is -3.65. The molecule has 0 saturated carbocycles. The number of pyridine rings is 1. The van der Waals surface area contributed by atoms with Crippen LogP contribution in [0.2, 0.25) is 0 Å². The lowest BCUT2D eigenvalue weighted by Crippen LogP contribution is -2.31. The van der Waals surface area contributed by atoms with Gasteiger partial charge in [0, 0.05) is 36.5 Å². The molecule has 8 nitrogen and oxygen atoms in total. The fourth-order valence-electron chi connectivity index (χ4n) is 4.68. The number of benzene rings is 1. The Bertz CT molecular complexity index is 1290. The van der Waals surface area contributed by atoms with Crippen LogP contribution in [0.4, 0.5) is 11.6 Å². The number of methoxy groups -OCH3 is 1. The van der Waals surface area contributed by atoms with E-state index in [2.05, 4.69) is 70.2 Å². The van der Waals surface area contributed by atoms with E-state index in [-0.39, 0.29) is 0 Å². The number of nitrogens with zero attached hydrogens (tertiary/aromatic N) is 4. The minimum atomic E-state index is 0.346. The molecule has 0 bridgehead atoms. The average molecular weight is 486 g/mol. The molecule has 1 aromatic carbocycles. The van der Waals surface area contributed by atoms with E-state index in [9.17, 15) is 0 Å². The van der Waals surface area contributed by atoms with E-state index in [0.29, 0.717) is 18.4 Å². The summed E-state index contributed by atoms with van der Waals surface area (Å²) in [5, 5.41) is 15.3. The molecular formula is C28H35N7O. The van der Waals surface area contributed by atoms with Crippen LogP contribution in [0.25, 0.3) is 16.9 Å². The number of aromatic nitrogens is 4. The number of rotatable bonds is 9. The summed E-state index contributed by atoms with van der Waals surface area (Å²) in [5.41, 5.74) is 5.09. The van der Waals surface area contributed by atoms with Crippen molar-refractivity contribution in [3.63, 3.8) is 0 Å². The fraction of sp³-hybridized carbons (Fsp3) is 0.393. The highest BCUT2D eigenvalue weighted by atomic mass is 16.5. The second-order valence-electron chi connectivity index (χ2n) is 9.70. The third-order valence-corrected chi connectivity index (χ3v) is 6.84. The minimum Gasteiger partial charge on any atom is -0.494 e. The third-order valence-electron chi connectivity index (χ3n) is 6.84. The normalized spacial score (nSPS) is 14.3. The maximum atomic E-state index is 5.47. The number of fused-ring (bicyclic) bond motifs is 1. The SMILES string of the molecule is COc1cccnc1-c1ccc(CNc2cc(NCC3CCNCC3)nc3c(C(C)C)cnn23)cc1. The van der Waals surface area contributed by atoms with Gasteiger partial charge in [0.05, 0.1) is 13.3 Å². The zero-order valence-corrected chi connectivity index (χ0v) is 21.3. The Morgan fingerprint density at radius 1 is 1.11 bits per heavy atom. The molecule has 1 aliphatic rings. The summed E-state index contributed by atoms with van der Waals surface area (Å²) in [6.07, 6.45) is 6.12. The van der Waals surface area contributed by atoms with E-state index >= 15 is 0 Å². The van der Waals surface area contributed by atoms with Gasteiger partial charge in [0.15, 0.2) is 5.65 Å². The molecule has 4 aromatic rings. The van der Waals surface area contributed by atoms with Gasteiger partial charge in [-0.05, 0) is 55.5 Å². The van der Waals surface area contributed by atoms with E-state index in [1.165, 1.54) is 18.4 Å². The molecule has 1 fully saturated rings. The third kappa shape index (κ3) is 5.28. The van der Waals surface area contributed by atoms with Crippen molar-refractivity contribution in [2.45, 2.75) is 39.2 Å². The van der Waals surface area contributed by atoms with Crippen LogP contribution in [0.5, 0.6) is 5.75 Å². The van der Waals surface area contributed by atoms with Crippen LogP contribution >= 0.6 is 0 Å². The quantitative estimate of drug-likeness (QED) is 0.309. The van der Waals surface area contributed by atoms with Crippen LogP contribution < -0.4 is 20.7 Å². The second kappa shape index (κ2) is 11.0. The molecule has 4 heterocycles. The summed E-state index contributed by atoms with van der Waals surface area (Å²) < 4.78 is 7.38. The van der Waals surface area contributed by atoms with Gasteiger partial charge in [0.2, 0.25) is 0 Å². The van der Waals surface area contributed by atoms with Crippen molar-refractivity contribution in [1.29, 1.82) is 0 Å². The first-order chi connectivity index (χ1) is 17.6. The lowest BCUT2D eigenvalue weighted by Gasteiger charge is -2.23. The Labute approximate surface area is 212 Å². The molecule has 1 aliphatic heterocycles. The molecule has 3 N–H and O–H groups in total. The average Bonchev–Trinajstić information content (AvgIpc) is 3.36. The van der Waals surface area contributed by atoms with Crippen LogP contribution in [-0.4, -0.2) is 46.3 Å². The first-order valence-electron chi connectivity index (χ1n) is 12.8.